The number of hydrogen-bond donors (Lipinski definition) is 3. The third-order valence-electron chi connectivity index (χ3n) is 2.26. The van der Waals surface area contributed by atoms with Crippen molar-refractivity contribution < 1.29 is 9.53 Å². The molecular formula is C12H18N4O2. The fraction of sp³-hybridized carbons (Fsp3) is 0.333. The Kier molecular flexibility index (Phi) is 5.66. The maximum absolute atomic E-state index is 11.4. The largest absolute Gasteiger partial charge is 0.497 e. The van der Waals surface area contributed by atoms with Crippen LogP contribution in [0.5, 0.6) is 5.75 Å². The second kappa shape index (κ2) is 7.29. The Balaban J connectivity index is 2.37. The molecule has 0 atom stereocenters. The number of rotatable bonds is 5. The zero-order valence-corrected chi connectivity index (χ0v) is 10.6. The van der Waals surface area contributed by atoms with Gasteiger partial charge < -0.3 is 15.8 Å². The number of urea groups is 1. The van der Waals surface area contributed by atoms with Crippen molar-refractivity contribution in [3.8, 4) is 5.75 Å². The van der Waals surface area contributed by atoms with Crippen molar-refractivity contribution in [1.82, 2.24) is 10.7 Å². The van der Waals surface area contributed by atoms with E-state index in [2.05, 4.69) is 15.8 Å². The maximum Gasteiger partial charge on any atom is 0.335 e. The van der Waals surface area contributed by atoms with Gasteiger partial charge in [-0.15, -0.1) is 0 Å². The fourth-order valence-electron chi connectivity index (χ4n) is 1.16. The average Bonchev–Trinajstić information content (AvgIpc) is 2.42. The summed E-state index contributed by atoms with van der Waals surface area (Å²) in [6.07, 6.45) is 0. The summed E-state index contributed by atoms with van der Waals surface area (Å²) in [4.78, 5) is 11.4. The molecule has 4 N–H and O–H groups in total. The molecule has 18 heavy (non-hydrogen) atoms. The molecule has 6 heteroatoms. The number of nitrogens with one attached hydrogen (secondary N) is 2. The Morgan fingerprint density at radius 3 is 2.61 bits per heavy atom. The topological polar surface area (TPSA) is 88.7 Å². The molecule has 2 amide bonds. The number of carbonyl (C=O) groups excluding carboxylic acids is 1. The summed E-state index contributed by atoms with van der Waals surface area (Å²) in [6.45, 7) is 2.48. The standard InChI is InChI=1S/C12H18N4O2/c1-9(7-13)15-16-12(17)14-8-10-3-5-11(18-2)6-4-10/h3-6H,7-8,13H2,1-2H3,(H2,14,16,17). The highest BCUT2D eigenvalue weighted by Crippen LogP contribution is 2.10. The van der Waals surface area contributed by atoms with E-state index < -0.39 is 0 Å². The molecule has 1 aromatic rings. The number of amides is 2. The summed E-state index contributed by atoms with van der Waals surface area (Å²) < 4.78 is 5.04. The van der Waals surface area contributed by atoms with E-state index in [9.17, 15) is 4.79 Å². The van der Waals surface area contributed by atoms with E-state index in [-0.39, 0.29) is 6.03 Å². The van der Waals surface area contributed by atoms with Gasteiger partial charge in [-0.3, -0.25) is 0 Å². The predicted octanol–water partition coefficient (Wildman–Crippen LogP) is 0.829. The van der Waals surface area contributed by atoms with Crippen molar-refractivity contribution in [3.63, 3.8) is 0 Å². The minimum atomic E-state index is -0.362. The monoisotopic (exact) mass is 250 g/mol. The van der Waals surface area contributed by atoms with Crippen LogP contribution in [-0.2, 0) is 6.54 Å². The first-order valence-corrected chi connectivity index (χ1v) is 5.55. The van der Waals surface area contributed by atoms with Crippen LogP contribution in [0.1, 0.15) is 12.5 Å². The summed E-state index contributed by atoms with van der Waals surface area (Å²) in [5.74, 6) is 0.784. The first-order valence-electron chi connectivity index (χ1n) is 5.55. The van der Waals surface area contributed by atoms with Gasteiger partial charge in [0.2, 0.25) is 0 Å². The first-order chi connectivity index (χ1) is 8.65. The molecule has 0 aliphatic carbocycles. The van der Waals surface area contributed by atoms with Gasteiger partial charge in [-0.2, -0.15) is 5.10 Å². The van der Waals surface area contributed by atoms with Crippen molar-refractivity contribution in [2.24, 2.45) is 10.8 Å². The van der Waals surface area contributed by atoms with Crippen molar-refractivity contribution in [1.29, 1.82) is 0 Å². The van der Waals surface area contributed by atoms with Gasteiger partial charge in [-0.1, -0.05) is 12.1 Å². The Morgan fingerprint density at radius 1 is 1.39 bits per heavy atom. The number of ether oxygens (including phenoxy) is 1. The maximum atomic E-state index is 11.4. The lowest BCUT2D eigenvalue weighted by atomic mass is 10.2. The van der Waals surface area contributed by atoms with E-state index in [1.54, 1.807) is 14.0 Å². The van der Waals surface area contributed by atoms with Gasteiger partial charge in [0.15, 0.2) is 0 Å². The molecule has 1 rings (SSSR count). The quantitative estimate of drug-likeness (QED) is 0.534. The molecule has 0 aromatic heterocycles. The number of nitrogens with zero attached hydrogens (tertiary/aromatic N) is 1. The number of nitrogens with two attached hydrogens (primary N) is 1. The smallest absolute Gasteiger partial charge is 0.335 e. The Morgan fingerprint density at radius 2 is 2.06 bits per heavy atom. The van der Waals surface area contributed by atoms with E-state index in [0.717, 1.165) is 11.3 Å². The summed E-state index contributed by atoms with van der Waals surface area (Å²) >= 11 is 0. The number of benzene rings is 1. The van der Waals surface area contributed by atoms with Gasteiger partial charge in [-0.05, 0) is 24.6 Å². The predicted molar refractivity (Wildman–Crippen MR) is 70.5 cm³/mol. The molecule has 0 saturated carbocycles. The molecule has 0 radical (unpaired) electrons. The molecule has 0 aliphatic heterocycles. The normalized spacial score (nSPS) is 10.9. The lowest BCUT2D eigenvalue weighted by molar-refractivity contribution is 0.241. The molecule has 98 valence electrons. The van der Waals surface area contributed by atoms with E-state index >= 15 is 0 Å². The van der Waals surface area contributed by atoms with Gasteiger partial charge in [0, 0.05) is 18.8 Å². The van der Waals surface area contributed by atoms with Gasteiger partial charge in [0.25, 0.3) is 0 Å². The van der Waals surface area contributed by atoms with E-state index in [1.807, 2.05) is 24.3 Å². The molecule has 1 aromatic carbocycles. The van der Waals surface area contributed by atoms with Crippen LogP contribution in [0.25, 0.3) is 0 Å². The Hall–Kier alpha value is -2.08. The third-order valence-corrected chi connectivity index (χ3v) is 2.26. The molecule has 0 fully saturated rings. The van der Waals surface area contributed by atoms with E-state index in [1.165, 1.54) is 0 Å². The lowest BCUT2D eigenvalue weighted by Crippen LogP contribution is -2.32. The first kappa shape index (κ1) is 14.0. The number of carbonyl (C=O) groups is 1. The van der Waals surface area contributed by atoms with Crippen LogP contribution in [-0.4, -0.2) is 25.4 Å². The molecular weight excluding hydrogens is 232 g/mol. The van der Waals surface area contributed by atoms with Gasteiger partial charge in [0.05, 0.1) is 7.11 Å². The van der Waals surface area contributed by atoms with E-state index in [0.29, 0.717) is 18.8 Å². The minimum absolute atomic E-state index is 0.318. The van der Waals surface area contributed by atoms with Gasteiger partial charge in [-0.25, -0.2) is 10.2 Å². The molecule has 0 saturated heterocycles. The molecule has 6 nitrogen and oxygen atoms in total. The van der Waals surface area contributed by atoms with Gasteiger partial charge >= 0.3 is 6.03 Å². The lowest BCUT2D eigenvalue weighted by Gasteiger charge is -2.06. The van der Waals surface area contributed by atoms with Crippen molar-refractivity contribution in [2.45, 2.75) is 13.5 Å². The van der Waals surface area contributed by atoms with Crippen molar-refractivity contribution in [2.75, 3.05) is 13.7 Å². The summed E-state index contributed by atoms with van der Waals surface area (Å²) in [5.41, 5.74) is 9.33. The van der Waals surface area contributed by atoms with Crippen LogP contribution in [0.4, 0.5) is 4.79 Å². The molecule has 0 spiro atoms. The zero-order chi connectivity index (χ0) is 13.4. The second-order valence-corrected chi connectivity index (χ2v) is 3.69. The molecule has 0 unspecified atom stereocenters. The van der Waals surface area contributed by atoms with Crippen molar-refractivity contribution in [3.05, 3.63) is 29.8 Å². The van der Waals surface area contributed by atoms with Crippen molar-refractivity contribution >= 4 is 11.7 Å². The van der Waals surface area contributed by atoms with Gasteiger partial charge in [0.1, 0.15) is 5.75 Å². The van der Waals surface area contributed by atoms with Crippen LogP contribution in [0.15, 0.2) is 29.4 Å². The third kappa shape index (κ3) is 4.84. The van der Waals surface area contributed by atoms with Crippen LogP contribution in [0, 0.1) is 0 Å². The van der Waals surface area contributed by atoms with Crippen LogP contribution < -0.4 is 21.2 Å². The van der Waals surface area contributed by atoms with E-state index in [4.69, 9.17) is 10.5 Å². The second-order valence-electron chi connectivity index (χ2n) is 3.69. The van der Waals surface area contributed by atoms with Crippen LogP contribution in [0.3, 0.4) is 0 Å². The highest BCUT2D eigenvalue weighted by atomic mass is 16.5. The SMILES string of the molecule is COc1ccc(CNC(=O)NN=C(C)CN)cc1. The Labute approximate surface area is 106 Å². The Bertz CT molecular complexity index is 415. The fourth-order valence-corrected chi connectivity index (χ4v) is 1.16. The zero-order valence-electron chi connectivity index (χ0n) is 10.6. The number of methoxy groups -OCH3 is 1. The number of hydrazone groups is 1. The van der Waals surface area contributed by atoms with Crippen LogP contribution >= 0.6 is 0 Å². The summed E-state index contributed by atoms with van der Waals surface area (Å²) in [5, 5.41) is 6.47. The molecule has 0 heterocycles. The number of hydrogen-bond acceptors (Lipinski definition) is 4. The summed E-state index contributed by atoms with van der Waals surface area (Å²) in [6, 6.07) is 7.08. The van der Waals surface area contributed by atoms with Crippen LogP contribution in [0.2, 0.25) is 0 Å². The minimum Gasteiger partial charge on any atom is -0.497 e. The molecule has 0 aliphatic rings. The summed E-state index contributed by atoms with van der Waals surface area (Å²) in [7, 11) is 1.61. The molecule has 0 bridgehead atoms. The average molecular weight is 250 g/mol. The highest BCUT2D eigenvalue weighted by molar-refractivity contribution is 5.85. The highest BCUT2D eigenvalue weighted by Gasteiger charge is 1.99.